The normalized spacial score (nSPS) is 12.5. The summed E-state index contributed by atoms with van der Waals surface area (Å²) in [5.41, 5.74) is 0.198. The van der Waals surface area contributed by atoms with Gasteiger partial charge in [0.1, 0.15) is 0 Å². The molecule has 2 N–H and O–H groups in total. The molecule has 0 fully saturated rings. The second-order valence-electron chi connectivity index (χ2n) is 5.14. The predicted octanol–water partition coefficient (Wildman–Crippen LogP) is 2.42. The van der Waals surface area contributed by atoms with E-state index in [-0.39, 0.29) is 42.9 Å². The zero-order valence-electron chi connectivity index (χ0n) is 11.8. The van der Waals surface area contributed by atoms with Gasteiger partial charge in [-0.25, -0.2) is 8.78 Å². The molecule has 0 aliphatic heterocycles. The fraction of sp³-hybridized carbons (Fsp3) is 0.533. The van der Waals surface area contributed by atoms with Crippen molar-refractivity contribution in [3.8, 4) is 0 Å². The molecule has 112 valence electrons. The van der Waals surface area contributed by atoms with E-state index in [1.54, 1.807) is 0 Å². The highest BCUT2D eigenvalue weighted by Gasteiger charge is 2.16. The molecule has 0 aromatic heterocycles. The maximum absolute atomic E-state index is 13.4. The lowest BCUT2D eigenvalue weighted by Gasteiger charge is -2.21. The number of aliphatic hydroxyl groups excluding tert-OH is 1. The Bertz CT molecular complexity index is 449. The van der Waals surface area contributed by atoms with E-state index in [1.807, 2.05) is 13.8 Å². The van der Waals surface area contributed by atoms with Crippen LogP contribution in [0.25, 0.3) is 0 Å². The Kier molecular flexibility index (Phi) is 6.58. The summed E-state index contributed by atoms with van der Waals surface area (Å²) in [4.78, 5) is 11.8. The van der Waals surface area contributed by atoms with E-state index in [2.05, 4.69) is 5.32 Å². The Morgan fingerprint density at radius 3 is 2.65 bits per heavy atom. The molecule has 0 radical (unpaired) electrons. The van der Waals surface area contributed by atoms with E-state index in [9.17, 15) is 13.6 Å². The highest BCUT2D eigenvalue weighted by Crippen LogP contribution is 2.13. The standard InChI is InChI=1S/C15H21F2NO2/c1-10(2)13(8-9-19)18-14(20)7-6-11-4-3-5-12(16)15(11)17/h3-5,10,13,19H,6-9H2,1-2H3,(H,18,20). The zero-order valence-corrected chi connectivity index (χ0v) is 11.8. The van der Waals surface area contributed by atoms with Crippen LogP contribution < -0.4 is 5.32 Å². The van der Waals surface area contributed by atoms with E-state index in [0.717, 1.165) is 6.07 Å². The lowest BCUT2D eigenvalue weighted by molar-refractivity contribution is -0.122. The largest absolute Gasteiger partial charge is 0.396 e. The van der Waals surface area contributed by atoms with Crippen molar-refractivity contribution in [2.24, 2.45) is 5.92 Å². The van der Waals surface area contributed by atoms with E-state index < -0.39 is 11.6 Å². The van der Waals surface area contributed by atoms with Crippen molar-refractivity contribution in [3.05, 3.63) is 35.4 Å². The second-order valence-corrected chi connectivity index (χ2v) is 5.14. The molecule has 1 rings (SSSR count). The van der Waals surface area contributed by atoms with Gasteiger partial charge in [-0.3, -0.25) is 4.79 Å². The average molecular weight is 285 g/mol. The molecule has 0 saturated carbocycles. The van der Waals surface area contributed by atoms with Crippen LogP contribution in [0, 0.1) is 17.6 Å². The number of halogens is 2. The van der Waals surface area contributed by atoms with E-state index in [4.69, 9.17) is 5.11 Å². The Morgan fingerprint density at radius 1 is 1.35 bits per heavy atom. The molecule has 0 aliphatic rings. The fourth-order valence-electron chi connectivity index (χ4n) is 1.98. The van der Waals surface area contributed by atoms with Crippen LogP contribution in [0.2, 0.25) is 0 Å². The number of carbonyl (C=O) groups is 1. The Morgan fingerprint density at radius 2 is 2.05 bits per heavy atom. The van der Waals surface area contributed by atoms with Gasteiger partial charge in [0.2, 0.25) is 5.91 Å². The number of aliphatic hydroxyl groups is 1. The molecule has 0 spiro atoms. The molecular formula is C15H21F2NO2. The van der Waals surface area contributed by atoms with Crippen LogP contribution in [0.4, 0.5) is 8.78 Å². The first-order valence-corrected chi connectivity index (χ1v) is 6.78. The topological polar surface area (TPSA) is 49.3 Å². The molecule has 1 amide bonds. The summed E-state index contributed by atoms with van der Waals surface area (Å²) in [6, 6.07) is 3.84. The number of carbonyl (C=O) groups excluding carboxylic acids is 1. The number of benzene rings is 1. The minimum Gasteiger partial charge on any atom is -0.396 e. The van der Waals surface area contributed by atoms with Gasteiger partial charge in [-0.1, -0.05) is 26.0 Å². The summed E-state index contributed by atoms with van der Waals surface area (Å²) in [6.45, 7) is 3.90. The van der Waals surface area contributed by atoms with Gasteiger partial charge in [0.15, 0.2) is 11.6 Å². The van der Waals surface area contributed by atoms with E-state index >= 15 is 0 Å². The summed E-state index contributed by atoms with van der Waals surface area (Å²) in [7, 11) is 0. The van der Waals surface area contributed by atoms with Crippen molar-refractivity contribution in [3.63, 3.8) is 0 Å². The van der Waals surface area contributed by atoms with Gasteiger partial charge in [-0.15, -0.1) is 0 Å². The molecular weight excluding hydrogens is 264 g/mol. The Balaban J connectivity index is 2.52. The Hall–Kier alpha value is -1.49. The molecule has 0 bridgehead atoms. The summed E-state index contributed by atoms with van der Waals surface area (Å²) < 4.78 is 26.4. The quantitative estimate of drug-likeness (QED) is 0.808. The number of aryl methyl sites for hydroxylation is 1. The average Bonchev–Trinajstić information content (AvgIpc) is 2.40. The molecule has 0 aliphatic carbocycles. The number of rotatable bonds is 7. The van der Waals surface area contributed by atoms with Gasteiger partial charge in [0.25, 0.3) is 0 Å². The van der Waals surface area contributed by atoms with Crippen LogP contribution in [-0.4, -0.2) is 23.7 Å². The van der Waals surface area contributed by atoms with Crippen molar-refractivity contribution in [2.45, 2.75) is 39.2 Å². The maximum Gasteiger partial charge on any atom is 0.220 e. The third-order valence-electron chi connectivity index (χ3n) is 3.24. The lowest BCUT2D eigenvalue weighted by Crippen LogP contribution is -2.39. The van der Waals surface area contributed by atoms with Crippen LogP contribution in [0.1, 0.15) is 32.3 Å². The molecule has 5 heteroatoms. The highest BCUT2D eigenvalue weighted by molar-refractivity contribution is 5.76. The van der Waals surface area contributed by atoms with Gasteiger partial charge < -0.3 is 10.4 Å². The fourth-order valence-corrected chi connectivity index (χ4v) is 1.98. The van der Waals surface area contributed by atoms with Gasteiger partial charge in [-0.05, 0) is 30.4 Å². The molecule has 3 nitrogen and oxygen atoms in total. The lowest BCUT2D eigenvalue weighted by atomic mass is 10.0. The highest BCUT2D eigenvalue weighted by atomic mass is 19.2. The summed E-state index contributed by atoms with van der Waals surface area (Å²) >= 11 is 0. The molecule has 1 aromatic rings. The second kappa shape index (κ2) is 7.94. The first-order chi connectivity index (χ1) is 9.45. The smallest absolute Gasteiger partial charge is 0.220 e. The Labute approximate surface area is 118 Å². The van der Waals surface area contributed by atoms with Crippen molar-refractivity contribution >= 4 is 5.91 Å². The van der Waals surface area contributed by atoms with Crippen LogP contribution in [0.3, 0.4) is 0 Å². The van der Waals surface area contributed by atoms with E-state index in [0.29, 0.717) is 6.42 Å². The van der Waals surface area contributed by atoms with Crippen LogP contribution in [-0.2, 0) is 11.2 Å². The van der Waals surface area contributed by atoms with Gasteiger partial charge >= 0.3 is 0 Å². The molecule has 1 atom stereocenters. The molecule has 0 heterocycles. The number of hydrogen-bond acceptors (Lipinski definition) is 2. The molecule has 1 unspecified atom stereocenters. The van der Waals surface area contributed by atoms with Gasteiger partial charge in [-0.2, -0.15) is 0 Å². The number of nitrogens with one attached hydrogen (secondary N) is 1. The van der Waals surface area contributed by atoms with Crippen LogP contribution >= 0.6 is 0 Å². The summed E-state index contributed by atoms with van der Waals surface area (Å²) in [6.07, 6.45) is 0.728. The third-order valence-corrected chi connectivity index (χ3v) is 3.24. The van der Waals surface area contributed by atoms with Crippen LogP contribution in [0.15, 0.2) is 18.2 Å². The maximum atomic E-state index is 13.4. The number of hydrogen-bond donors (Lipinski definition) is 2. The van der Waals surface area contributed by atoms with Gasteiger partial charge in [0.05, 0.1) is 0 Å². The van der Waals surface area contributed by atoms with Crippen molar-refractivity contribution < 1.29 is 18.7 Å². The van der Waals surface area contributed by atoms with Crippen LogP contribution in [0.5, 0.6) is 0 Å². The van der Waals surface area contributed by atoms with Crippen molar-refractivity contribution in [2.75, 3.05) is 6.61 Å². The third kappa shape index (κ3) is 4.89. The summed E-state index contributed by atoms with van der Waals surface area (Å²) in [5, 5.41) is 11.7. The molecule has 0 saturated heterocycles. The minimum atomic E-state index is -0.900. The van der Waals surface area contributed by atoms with Crippen molar-refractivity contribution in [1.82, 2.24) is 5.32 Å². The molecule has 20 heavy (non-hydrogen) atoms. The van der Waals surface area contributed by atoms with Gasteiger partial charge in [0, 0.05) is 19.1 Å². The first-order valence-electron chi connectivity index (χ1n) is 6.78. The monoisotopic (exact) mass is 285 g/mol. The predicted molar refractivity (Wildman–Crippen MR) is 73.2 cm³/mol. The number of amides is 1. The zero-order chi connectivity index (χ0) is 15.1. The minimum absolute atomic E-state index is 0.00164. The first kappa shape index (κ1) is 16.6. The van der Waals surface area contributed by atoms with E-state index in [1.165, 1.54) is 12.1 Å². The molecule has 1 aromatic carbocycles. The summed E-state index contributed by atoms with van der Waals surface area (Å²) in [5.74, 6) is -1.81. The van der Waals surface area contributed by atoms with Crippen molar-refractivity contribution in [1.29, 1.82) is 0 Å². The SMILES string of the molecule is CC(C)C(CCO)NC(=O)CCc1cccc(F)c1F.